The van der Waals surface area contributed by atoms with Gasteiger partial charge >= 0.3 is 0 Å². The molecule has 0 aliphatic rings. The maximum atomic E-state index is 12.0. The monoisotopic (exact) mass is 283 g/mol. The van der Waals surface area contributed by atoms with Gasteiger partial charge in [-0.25, -0.2) is 0 Å². The number of anilines is 2. The molecule has 1 atom stereocenters. The van der Waals surface area contributed by atoms with Crippen molar-refractivity contribution in [1.82, 2.24) is 5.32 Å². The summed E-state index contributed by atoms with van der Waals surface area (Å²) in [5.41, 5.74) is -0.524. The molecule has 0 bridgehead atoms. The number of amides is 1. The fraction of sp³-hybridized carbons (Fsp3) is 0.417. The molecule has 0 radical (unpaired) electrons. The van der Waals surface area contributed by atoms with Crippen LogP contribution >= 0.6 is 0 Å². The van der Waals surface area contributed by atoms with Gasteiger partial charge in [-0.05, 0) is 38.0 Å². The molecule has 1 rings (SSSR count). The Kier molecular flexibility index (Phi) is 5.28. The number of rotatable bonds is 5. The molecule has 8 heteroatoms. The Hall–Kier alpha value is -1.87. The number of nitrogens with one attached hydrogen (secondary N) is 1. The first-order chi connectivity index (χ1) is 9.27. The van der Waals surface area contributed by atoms with E-state index in [0.29, 0.717) is 6.42 Å². The van der Waals surface area contributed by atoms with Crippen molar-refractivity contribution in [2.24, 2.45) is 0 Å². The van der Waals surface area contributed by atoms with Crippen LogP contribution < -0.4 is 15.8 Å². The van der Waals surface area contributed by atoms with E-state index in [2.05, 4.69) is 5.32 Å². The SMILES string of the molecule is CC[C@@H](C)NC(=O)c1cc(N([O-])[O-])c(C)c(N(O)O)c1. The van der Waals surface area contributed by atoms with Gasteiger partial charge in [-0.15, -0.1) is 5.23 Å². The molecule has 0 aliphatic carbocycles. The molecule has 3 N–H and O–H groups in total. The Morgan fingerprint density at radius 2 is 1.90 bits per heavy atom. The lowest BCUT2D eigenvalue weighted by atomic mass is 10.1. The van der Waals surface area contributed by atoms with Gasteiger partial charge in [-0.2, -0.15) is 0 Å². The number of hydrogen-bond acceptors (Lipinski definition) is 7. The van der Waals surface area contributed by atoms with Gasteiger partial charge in [0, 0.05) is 17.3 Å². The zero-order valence-electron chi connectivity index (χ0n) is 11.5. The van der Waals surface area contributed by atoms with E-state index in [9.17, 15) is 15.2 Å². The highest BCUT2D eigenvalue weighted by molar-refractivity contribution is 5.97. The molecule has 0 heterocycles. The zero-order chi connectivity index (χ0) is 15.4. The molecule has 1 aromatic carbocycles. The molecule has 0 unspecified atom stereocenters. The van der Waals surface area contributed by atoms with Crippen LogP contribution in [0.3, 0.4) is 0 Å². The molecule has 112 valence electrons. The summed E-state index contributed by atoms with van der Waals surface area (Å²) in [4.78, 5) is 12.0. The summed E-state index contributed by atoms with van der Waals surface area (Å²) in [5, 5.41) is 41.8. The largest absolute Gasteiger partial charge is 0.769 e. The second-order valence-corrected chi connectivity index (χ2v) is 4.47. The van der Waals surface area contributed by atoms with Gasteiger partial charge < -0.3 is 21.0 Å². The smallest absolute Gasteiger partial charge is 0.251 e. The van der Waals surface area contributed by atoms with Crippen LogP contribution in [0.1, 0.15) is 36.2 Å². The van der Waals surface area contributed by atoms with Gasteiger partial charge in [0.15, 0.2) is 0 Å². The van der Waals surface area contributed by atoms with Crippen molar-refractivity contribution in [2.45, 2.75) is 33.2 Å². The van der Waals surface area contributed by atoms with Crippen molar-refractivity contribution in [3.8, 4) is 0 Å². The third kappa shape index (κ3) is 3.58. The number of carbonyl (C=O) groups excluding carboxylic acids is 1. The summed E-state index contributed by atoms with van der Waals surface area (Å²) >= 11 is 0. The predicted octanol–water partition coefficient (Wildman–Crippen LogP) is 1.91. The van der Waals surface area contributed by atoms with Crippen LogP contribution in [0, 0.1) is 17.3 Å². The third-order valence-corrected chi connectivity index (χ3v) is 3.02. The topological polar surface area (TPSA) is 122 Å². The van der Waals surface area contributed by atoms with Gasteiger partial charge in [0.05, 0.1) is 5.69 Å². The minimum Gasteiger partial charge on any atom is -0.769 e. The fourth-order valence-corrected chi connectivity index (χ4v) is 1.62. The van der Waals surface area contributed by atoms with E-state index < -0.39 is 11.1 Å². The molecule has 0 aromatic heterocycles. The Balaban J connectivity index is 3.24. The van der Waals surface area contributed by atoms with Crippen LogP contribution in [0.25, 0.3) is 0 Å². The standard InChI is InChI=1S/C12H17N3O5/c1-4-7(2)13-12(16)9-5-10(14(17)18)8(3)11(6-9)15(19)20/h5-7,17-18H,4H2,1-3H3,(H,13,16)/q-2/t7-/m1/s1. The minimum atomic E-state index is -0.678. The zero-order valence-corrected chi connectivity index (χ0v) is 11.5. The maximum Gasteiger partial charge on any atom is 0.251 e. The fourth-order valence-electron chi connectivity index (χ4n) is 1.62. The van der Waals surface area contributed by atoms with Gasteiger partial charge in [0.1, 0.15) is 0 Å². The van der Waals surface area contributed by atoms with E-state index in [4.69, 9.17) is 10.4 Å². The van der Waals surface area contributed by atoms with Crippen LogP contribution in [0.5, 0.6) is 0 Å². The van der Waals surface area contributed by atoms with Crippen molar-refractivity contribution in [3.05, 3.63) is 33.7 Å². The lowest BCUT2D eigenvalue weighted by Gasteiger charge is -2.39. The van der Waals surface area contributed by atoms with E-state index in [1.807, 2.05) is 6.92 Å². The summed E-state index contributed by atoms with van der Waals surface area (Å²) < 4.78 is 0. The lowest BCUT2D eigenvalue weighted by molar-refractivity contribution is 0.0288. The number of hydrogen-bond donors (Lipinski definition) is 3. The third-order valence-electron chi connectivity index (χ3n) is 3.02. The first kappa shape index (κ1) is 16.2. The lowest BCUT2D eigenvalue weighted by Crippen LogP contribution is -2.32. The quantitative estimate of drug-likeness (QED) is 0.705. The summed E-state index contributed by atoms with van der Waals surface area (Å²) in [6.45, 7) is 5.05. The molecular weight excluding hydrogens is 266 g/mol. The van der Waals surface area contributed by atoms with E-state index in [0.717, 1.165) is 6.07 Å². The van der Waals surface area contributed by atoms with Gasteiger partial charge in [-0.3, -0.25) is 15.2 Å². The highest BCUT2D eigenvalue weighted by atomic mass is 16.8. The molecular formula is C12H17N3O5-2. The minimum absolute atomic E-state index is 0.00861. The molecule has 0 spiro atoms. The van der Waals surface area contributed by atoms with E-state index in [1.165, 1.54) is 13.0 Å². The second kappa shape index (κ2) is 6.53. The average Bonchev–Trinajstić information content (AvgIpc) is 2.37. The molecule has 8 nitrogen and oxygen atoms in total. The first-order valence-electron chi connectivity index (χ1n) is 6.05. The van der Waals surface area contributed by atoms with E-state index in [-0.39, 0.29) is 33.8 Å². The number of carbonyl (C=O) groups is 1. The molecule has 0 saturated carbocycles. The number of nitrogens with zero attached hydrogens (tertiary/aromatic N) is 2. The predicted molar refractivity (Wildman–Crippen MR) is 73.7 cm³/mol. The van der Waals surface area contributed by atoms with Crippen molar-refractivity contribution in [1.29, 1.82) is 0 Å². The van der Waals surface area contributed by atoms with Crippen LogP contribution in [-0.2, 0) is 0 Å². The summed E-state index contributed by atoms with van der Waals surface area (Å²) in [7, 11) is 0. The van der Waals surface area contributed by atoms with E-state index >= 15 is 0 Å². The Morgan fingerprint density at radius 1 is 1.35 bits per heavy atom. The Morgan fingerprint density at radius 3 is 2.35 bits per heavy atom. The second-order valence-electron chi connectivity index (χ2n) is 4.47. The van der Waals surface area contributed by atoms with Gasteiger partial charge in [-0.1, -0.05) is 6.92 Å². The van der Waals surface area contributed by atoms with Crippen LogP contribution in [-0.4, -0.2) is 22.4 Å². The molecule has 0 fully saturated rings. The van der Waals surface area contributed by atoms with Crippen molar-refractivity contribution in [2.75, 3.05) is 10.5 Å². The van der Waals surface area contributed by atoms with Crippen molar-refractivity contribution >= 4 is 17.3 Å². The molecule has 20 heavy (non-hydrogen) atoms. The first-order valence-corrected chi connectivity index (χ1v) is 6.05. The van der Waals surface area contributed by atoms with Gasteiger partial charge in [0.25, 0.3) is 5.91 Å². The van der Waals surface area contributed by atoms with Crippen molar-refractivity contribution < 1.29 is 15.2 Å². The molecule has 1 amide bonds. The Labute approximate surface area is 116 Å². The van der Waals surface area contributed by atoms with Crippen LogP contribution in [0.4, 0.5) is 11.4 Å². The normalized spacial score (nSPS) is 11.9. The highest BCUT2D eigenvalue weighted by Crippen LogP contribution is 2.29. The number of benzene rings is 1. The molecule has 0 aliphatic heterocycles. The molecule has 0 saturated heterocycles. The van der Waals surface area contributed by atoms with Gasteiger partial charge in [0.2, 0.25) is 0 Å². The average molecular weight is 283 g/mol. The van der Waals surface area contributed by atoms with E-state index in [1.54, 1.807) is 6.92 Å². The van der Waals surface area contributed by atoms with Crippen LogP contribution in [0.2, 0.25) is 0 Å². The van der Waals surface area contributed by atoms with Crippen molar-refractivity contribution in [3.63, 3.8) is 0 Å². The summed E-state index contributed by atoms with van der Waals surface area (Å²) in [6.07, 6.45) is 0.707. The summed E-state index contributed by atoms with van der Waals surface area (Å²) in [5.74, 6) is -0.509. The highest BCUT2D eigenvalue weighted by Gasteiger charge is 2.15. The van der Waals surface area contributed by atoms with Crippen LogP contribution in [0.15, 0.2) is 12.1 Å². The maximum absolute atomic E-state index is 12.0. The Bertz CT molecular complexity index is 461. The summed E-state index contributed by atoms with van der Waals surface area (Å²) in [6, 6.07) is 2.20. The molecule has 1 aromatic rings.